The van der Waals surface area contributed by atoms with Crippen LogP contribution in [0.2, 0.25) is 0 Å². The van der Waals surface area contributed by atoms with Gasteiger partial charge in [0, 0.05) is 31.6 Å². The number of hydrogen-bond acceptors (Lipinski definition) is 3. The van der Waals surface area contributed by atoms with Crippen LogP contribution < -0.4 is 5.32 Å². The Morgan fingerprint density at radius 3 is 2.61 bits per heavy atom. The highest BCUT2D eigenvalue weighted by atomic mass is 16.3. The standard InChI is InChI=1S/C15H26N2O/c1-4-12-10-17(13(5-2)9-16-12)11-15-8-7-14(6-3)18-15/h7-8,12-13,16H,4-6,9-11H2,1-3H3. The highest BCUT2D eigenvalue weighted by molar-refractivity contribution is 5.07. The zero-order valence-corrected chi connectivity index (χ0v) is 11.9. The number of piperazine rings is 1. The van der Waals surface area contributed by atoms with Crippen LogP contribution in [0.4, 0.5) is 0 Å². The van der Waals surface area contributed by atoms with Crippen molar-refractivity contribution in [3.63, 3.8) is 0 Å². The molecule has 3 heteroatoms. The average Bonchev–Trinajstić information content (AvgIpc) is 2.86. The summed E-state index contributed by atoms with van der Waals surface area (Å²) in [6, 6.07) is 5.51. The van der Waals surface area contributed by atoms with Crippen molar-refractivity contribution in [3.05, 3.63) is 23.7 Å². The first-order valence-corrected chi connectivity index (χ1v) is 7.31. The zero-order chi connectivity index (χ0) is 13.0. The lowest BCUT2D eigenvalue weighted by Crippen LogP contribution is -2.55. The molecule has 0 radical (unpaired) electrons. The molecule has 0 aliphatic carbocycles. The Bertz CT molecular complexity index is 361. The van der Waals surface area contributed by atoms with Crippen LogP contribution in [0.1, 0.15) is 45.1 Å². The molecule has 0 saturated carbocycles. The normalized spacial score (nSPS) is 25.5. The summed E-state index contributed by atoms with van der Waals surface area (Å²) >= 11 is 0. The smallest absolute Gasteiger partial charge is 0.118 e. The lowest BCUT2D eigenvalue weighted by molar-refractivity contribution is 0.109. The van der Waals surface area contributed by atoms with E-state index in [-0.39, 0.29) is 0 Å². The predicted molar refractivity (Wildman–Crippen MR) is 74.7 cm³/mol. The molecule has 0 spiro atoms. The van der Waals surface area contributed by atoms with Crippen molar-refractivity contribution in [1.29, 1.82) is 0 Å². The molecule has 3 nitrogen and oxygen atoms in total. The molecule has 2 heterocycles. The van der Waals surface area contributed by atoms with Gasteiger partial charge in [-0.25, -0.2) is 0 Å². The van der Waals surface area contributed by atoms with Gasteiger partial charge in [-0.2, -0.15) is 0 Å². The Morgan fingerprint density at radius 2 is 2.00 bits per heavy atom. The Kier molecular flexibility index (Phi) is 4.84. The van der Waals surface area contributed by atoms with Crippen molar-refractivity contribution < 1.29 is 4.42 Å². The maximum absolute atomic E-state index is 5.84. The fraction of sp³-hybridized carbons (Fsp3) is 0.733. The van der Waals surface area contributed by atoms with Crippen molar-refractivity contribution in [2.75, 3.05) is 13.1 Å². The largest absolute Gasteiger partial charge is 0.465 e. The maximum Gasteiger partial charge on any atom is 0.118 e. The van der Waals surface area contributed by atoms with Gasteiger partial charge >= 0.3 is 0 Å². The molecule has 1 N–H and O–H groups in total. The van der Waals surface area contributed by atoms with E-state index in [1.54, 1.807) is 0 Å². The molecule has 1 aliphatic heterocycles. The number of hydrogen-bond donors (Lipinski definition) is 1. The Labute approximate surface area is 111 Å². The van der Waals surface area contributed by atoms with E-state index in [0.717, 1.165) is 37.6 Å². The minimum atomic E-state index is 0.633. The van der Waals surface area contributed by atoms with Crippen LogP contribution in [0.3, 0.4) is 0 Å². The van der Waals surface area contributed by atoms with E-state index in [2.05, 4.69) is 43.1 Å². The van der Waals surface area contributed by atoms with Crippen LogP contribution >= 0.6 is 0 Å². The summed E-state index contributed by atoms with van der Waals surface area (Å²) in [6.07, 6.45) is 3.38. The van der Waals surface area contributed by atoms with Gasteiger partial charge < -0.3 is 9.73 Å². The predicted octanol–water partition coefficient (Wildman–Crippen LogP) is 2.80. The van der Waals surface area contributed by atoms with Crippen molar-refractivity contribution in [1.82, 2.24) is 10.2 Å². The summed E-state index contributed by atoms with van der Waals surface area (Å²) in [4.78, 5) is 2.57. The van der Waals surface area contributed by atoms with Crippen molar-refractivity contribution in [2.45, 2.75) is 58.7 Å². The van der Waals surface area contributed by atoms with Gasteiger partial charge in [-0.05, 0) is 25.0 Å². The minimum absolute atomic E-state index is 0.633. The number of furan rings is 1. The molecule has 1 aromatic rings. The lowest BCUT2D eigenvalue weighted by Gasteiger charge is -2.39. The monoisotopic (exact) mass is 250 g/mol. The van der Waals surface area contributed by atoms with Gasteiger partial charge in [0.05, 0.1) is 6.54 Å². The third kappa shape index (κ3) is 3.15. The first-order valence-electron chi connectivity index (χ1n) is 7.31. The maximum atomic E-state index is 5.84. The molecule has 1 aliphatic rings. The summed E-state index contributed by atoms with van der Waals surface area (Å²) in [7, 11) is 0. The fourth-order valence-corrected chi connectivity index (χ4v) is 2.70. The second kappa shape index (κ2) is 6.39. The average molecular weight is 250 g/mol. The van der Waals surface area contributed by atoms with E-state index in [4.69, 9.17) is 4.42 Å². The molecule has 0 amide bonds. The van der Waals surface area contributed by atoms with Crippen molar-refractivity contribution >= 4 is 0 Å². The van der Waals surface area contributed by atoms with E-state index in [1.807, 2.05) is 0 Å². The van der Waals surface area contributed by atoms with Gasteiger partial charge in [0.15, 0.2) is 0 Å². The topological polar surface area (TPSA) is 28.4 Å². The van der Waals surface area contributed by atoms with Crippen LogP contribution in [-0.4, -0.2) is 30.1 Å². The summed E-state index contributed by atoms with van der Waals surface area (Å²) < 4.78 is 5.84. The van der Waals surface area contributed by atoms with Crippen LogP contribution in [0.25, 0.3) is 0 Å². The molecular formula is C15H26N2O. The molecule has 2 rings (SSSR count). The molecular weight excluding hydrogens is 224 g/mol. The second-order valence-electron chi connectivity index (χ2n) is 5.23. The van der Waals surface area contributed by atoms with Gasteiger partial charge in [-0.3, -0.25) is 4.90 Å². The van der Waals surface area contributed by atoms with Crippen molar-refractivity contribution in [2.24, 2.45) is 0 Å². The minimum Gasteiger partial charge on any atom is -0.465 e. The van der Waals surface area contributed by atoms with E-state index in [9.17, 15) is 0 Å². The summed E-state index contributed by atoms with van der Waals surface area (Å²) in [6.45, 7) is 9.86. The molecule has 0 bridgehead atoms. The molecule has 18 heavy (non-hydrogen) atoms. The quantitative estimate of drug-likeness (QED) is 0.871. The molecule has 2 unspecified atom stereocenters. The van der Waals surface area contributed by atoms with Gasteiger partial charge in [-0.1, -0.05) is 20.8 Å². The first-order chi connectivity index (χ1) is 8.76. The number of aryl methyl sites for hydroxylation is 1. The molecule has 0 aromatic carbocycles. The summed E-state index contributed by atoms with van der Waals surface area (Å²) in [5.41, 5.74) is 0. The van der Waals surface area contributed by atoms with Gasteiger partial charge in [0.25, 0.3) is 0 Å². The number of nitrogens with zero attached hydrogens (tertiary/aromatic N) is 1. The Balaban J connectivity index is 1.99. The molecule has 1 fully saturated rings. The Hall–Kier alpha value is -0.800. The van der Waals surface area contributed by atoms with E-state index < -0.39 is 0 Å². The van der Waals surface area contributed by atoms with Crippen molar-refractivity contribution in [3.8, 4) is 0 Å². The van der Waals surface area contributed by atoms with E-state index in [0.29, 0.717) is 12.1 Å². The zero-order valence-electron chi connectivity index (χ0n) is 11.9. The highest BCUT2D eigenvalue weighted by Crippen LogP contribution is 2.17. The fourth-order valence-electron chi connectivity index (χ4n) is 2.70. The number of nitrogens with one attached hydrogen (secondary N) is 1. The molecule has 2 atom stereocenters. The Morgan fingerprint density at radius 1 is 1.22 bits per heavy atom. The second-order valence-corrected chi connectivity index (χ2v) is 5.23. The molecule has 1 aromatic heterocycles. The van der Waals surface area contributed by atoms with Crippen LogP contribution in [0, 0.1) is 0 Å². The van der Waals surface area contributed by atoms with E-state index in [1.165, 1.54) is 12.8 Å². The van der Waals surface area contributed by atoms with Crippen LogP contribution in [0.15, 0.2) is 16.5 Å². The molecule has 1 saturated heterocycles. The first kappa shape index (κ1) is 13.6. The van der Waals surface area contributed by atoms with Gasteiger partial charge in [0.1, 0.15) is 11.5 Å². The third-order valence-corrected chi connectivity index (χ3v) is 4.00. The van der Waals surface area contributed by atoms with Gasteiger partial charge in [0.2, 0.25) is 0 Å². The third-order valence-electron chi connectivity index (χ3n) is 4.00. The van der Waals surface area contributed by atoms with E-state index >= 15 is 0 Å². The number of rotatable bonds is 5. The summed E-state index contributed by atoms with van der Waals surface area (Å²) in [5.74, 6) is 2.21. The van der Waals surface area contributed by atoms with Crippen LogP contribution in [0.5, 0.6) is 0 Å². The highest BCUT2D eigenvalue weighted by Gasteiger charge is 2.26. The molecule has 102 valence electrons. The van der Waals surface area contributed by atoms with Crippen LogP contribution in [-0.2, 0) is 13.0 Å². The summed E-state index contributed by atoms with van der Waals surface area (Å²) in [5, 5.41) is 3.63. The SMILES string of the molecule is CCc1ccc(CN2CC(CC)NCC2CC)o1. The lowest BCUT2D eigenvalue weighted by atomic mass is 10.1. The van der Waals surface area contributed by atoms with Gasteiger partial charge in [-0.15, -0.1) is 0 Å².